The Bertz CT molecular complexity index is 1510. The molecule has 0 amide bonds. The Morgan fingerprint density at radius 2 is 1.54 bits per heavy atom. The van der Waals surface area contributed by atoms with Crippen LogP contribution in [0.5, 0.6) is 0 Å². The fourth-order valence-corrected chi connectivity index (χ4v) is 16.1. The number of hydrogen-bond acceptors (Lipinski definition) is 5. The number of aliphatic carboxylic acids is 1. The Balaban J connectivity index is 1.32. The SMILES string of the molecule is CCCCCC[C@@]12CC[C@@]3(C)[C@H](CC[C@@]45[C@H](Cc6ccc(CCOC)cc6)O[C@@](O)(CC[C@]43CO)[C@@H]5CCC)[C@@]1(C)CC[C@]1(C)CC[C@@](C)(C(=O)O)CC12. The lowest BCUT2D eigenvalue weighted by Crippen LogP contribution is -2.74. The van der Waals surface area contributed by atoms with Gasteiger partial charge in [-0.15, -0.1) is 0 Å². The Labute approximate surface area is 327 Å². The first-order chi connectivity index (χ1) is 25.6. The zero-order valence-electron chi connectivity index (χ0n) is 35.2. The van der Waals surface area contributed by atoms with Crippen molar-refractivity contribution in [2.24, 2.45) is 55.7 Å². The summed E-state index contributed by atoms with van der Waals surface area (Å²) in [6.07, 6.45) is 20.2. The number of hydrogen-bond donors (Lipinski definition) is 3. The number of benzene rings is 1. The lowest BCUT2D eigenvalue weighted by atomic mass is 9.26. The maximum absolute atomic E-state index is 13.0. The van der Waals surface area contributed by atoms with E-state index in [1.54, 1.807) is 7.11 Å². The molecule has 1 aromatic rings. The van der Waals surface area contributed by atoms with Crippen LogP contribution in [0.2, 0.25) is 0 Å². The van der Waals surface area contributed by atoms with Gasteiger partial charge in [0.15, 0.2) is 5.79 Å². The topological polar surface area (TPSA) is 96.2 Å². The molecule has 5 aliphatic carbocycles. The van der Waals surface area contributed by atoms with Crippen LogP contribution in [0.15, 0.2) is 24.3 Å². The van der Waals surface area contributed by atoms with Gasteiger partial charge in [-0.1, -0.05) is 91.0 Å². The molecule has 54 heavy (non-hydrogen) atoms. The number of carboxylic acids is 1. The number of unbranched alkanes of at least 4 members (excludes halogenated alkanes) is 3. The molecule has 304 valence electrons. The largest absolute Gasteiger partial charge is 0.481 e. The van der Waals surface area contributed by atoms with Crippen molar-refractivity contribution in [3.8, 4) is 0 Å². The molecule has 0 radical (unpaired) electrons. The molecule has 2 bridgehead atoms. The monoisotopic (exact) mass is 749 g/mol. The second-order valence-electron chi connectivity index (χ2n) is 21.0. The van der Waals surface area contributed by atoms with E-state index >= 15 is 0 Å². The number of aliphatic hydroxyl groups excluding tert-OH is 1. The number of carbonyl (C=O) groups is 1. The van der Waals surface area contributed by atoms with Crippen LogP contribution in [0.3, 0.4) is 0 Å². The van der Waals surface area contributed by atoms with Gasteiger partial charge in [0.1, 0.15) is 0 Å². The predicted molar refractivity (Wildman–Crippen MR) is 215 cm³/mol. The number of fused-ring (bicyclic) bond motifs is 7. The smallest absolute Gasteiger partial charge is 0.309 e. The van der Waals surface area contributed by atoms with Crippen molar-refractivity contribution in [3.05, 3.63) is 35.4 Å². The van der Waals surface area contributed by atoms with Crippen molar-refractivity contribution in [1.29, 1.82) is 0 Å². The van der Waals surface area contributed by atoms with E-state index in [0.717, 1.165) is 77.0 Å². The predicted octanol–water partition coefficient (Wildman–Crippen LogP) is 10.5. The number of ether oxygens (including phenoxy) is 2. The highest BCUT2D eigenvalue weighted by atomic mass is 16.6. The molecule has 5 saturated carbocycles. The van der Waals surface area contributed by atoms with Gasteiger partial charge in [-0.3, -0.25) is 4.79 Å². The highest BCUT2D eigenvalue weighted by Crippen LogP contribution is 2.84. The van der Waals surface area contributed by atoms with Crippen LogP contribution in [0, 0.1) is 55.7 Å². The minimum absolute atomic E-state index is 0.00236. The zero-order chi connectivity index (χ0) is 38.8. The number of carboxylic acid groups (broad SMARTS) is 1. The normalized spacial score (nSPS) is 46.6. The van der Waals surface area contributed by atoms with E-state index < -0.39 is 17.2 Å². The Morgan fingerprint density at radius 3 is 2.20 bits per heavy atom. The average molecular weight is 749 g/mol. The summed E-state index contributed by atoms with van der Waals surface area (Å²) in [5.41, 5.74) is 1.35. The number of rotatable bonds is 14. The van der Waals surface area contributed by atoms with Gasteiger partial charge in [-0.25, -0.2) is 0 Å². The van der Waals surface area contributed by atoms with E-state index in [0.29, 0.717) is 24.9 Å². The highest BCUT2D eigenvalue weighted by Gasteiger charge is 2.82. The van der Waals surface area contributed by atoms with Crippen LogP contribution >= 0.6 is 0 Å². The van der Waals surface area contributed by atoms with Crippen molar-refractivity contribution in [2.75, 3.05) is 20.3 Å². The second-order valence-corrected chi connectivity index (χ2v) is 21.0. The quantitative estimate of drug-likeness (QED) is 0.164. The molecule has 6 fully saturated rings. The van der Waals surface area contributed by atoms with Crippen LogP contribution in [-0.4, -0.2) is 53.5 Å². The van der Waals surface area contributed by atoms with Gasteiger partial charge in [0.2, 0.25) is 0 Å². The molecule has 12 atom stereocenters. The molecule has 1 saturated heterocycles. The summed E-state index contributed by atoms with van der Waals surface area (Å²) in [5, 5.41) is 35.4. The lowest BCUT2D eigenvalue weighted by Gasteiger charge is -2.78. The molecule has 1 spiro atoms. The fraction of sp³-hybridized carbons (Fsp3) is 0.854. The summed E-state index contributed by atoms with van der Waals surface area (Å²) in [5.74, 6) is -0.938. The highest BCUT2D eigenvalue weighted by molar-refractivity contribution is 5.74. The van der Waals surface area contributed by atoms with E-state index in [1.165, 1.54) is 56.1 Å². The summed E-state index contributed by atoms with van der Waals surface area (Å²) in [6, 6.07) is 8.95. The minimum atomic E-state index is -1.15. The lowest BCUT2D eigenvalue weighted by molar-refractivity contribution is -0.314. The standard InChI is InChI=1S/C48H76O6/c1-8-10-11-12-20-45-27-26-44(6)36(43(45,5)25-24-41(3)22-23-42(4,40(50)51)32-38(41)45)18-21-47-37(13-9-2)48(52,29-28-46(44,47)33-49)54-39(47)31-35-16-14-34(15-17-35)19-30-53-7/h14-17,36-39,49,52H,8-13,18-33H2,1-7H3,(H,50,51)/t36-,37-,38?,39+,41+,42-,43-,44+,45+,46-,47-,48+/m1/s1. The first-order valence-electron chi connectivity index (χ1n) is 22.4. The third-order valence-electron chi connectivity index (χ3n) is 19.1. The minimum Gasteiger partial charge on any atom is -0.481 e. The first kappa shape index (κ1) is 40.7. The average Bonchev–Trinajstić information content (AvgIpc) is 3.30. The van der Waals surface area contributed by atoms with E-state index in [-0.39, 0.29) is 51.1 Å². The van der Waals surface area contributed by atoms with Crippen molar-refractivity contribution < 1.29 is 29.6 Å². The molecule has 1 unspecified atom stereocenters. The molecular weight excluding hydrogens is 673 g/mol. The number of methoxy groups -OCH3 is 1. The van der Waals surface area contributed by atoms with Gasteiger partial charge in [0, 0.05) is 36.9 Å². The Morgan fingerprint density at radius 1 is 0.833 bits per heavy atom. The van der Waals surface area contributed by atoms with Crippen molar-refractivity contribution in [1.82, 2.24) is 0 Å². The summed E-state index contributed by atoms with van der Waals surface area (Å²) < 4.78 is 12.4. The van der Waals surface area contributed by atoms with Crippen molar-refractivity contribution >= 4 is 5.97 Å². The van der Waals surface area contributed by atoms with Gasteiger partial charge >= 0.3 is 5.97 Å². The molecule has 1 aromatic carbocycles. The maximum atomic E-state index is 13.0. The summed E-state index contributed by atoms with van der Waals surface area (Å²) >= 11 is 0. The summed E-state index contributed by atoms with van der Waals surface area (Å²) in [6.45, 7) is 15.2. The van der Waals surface area contributed by atoms with E-state index in [1.807, 2.05) is 6.92 Å². The van der Waals surface area contributed by atoms with E-state index in [4.69, 9.17) is 9.47 Å². The first-order valence-corrected chi connectivity index (χ1v) is 22.4. The summed E-state index contributed by atoms with van der Waals surface area (Å²) in [4.78, 5) is 13.0. The Hall–Kier alpha value is -1.47. The third-order valence-corrected chi connectivity index (χ3v) is 19.1. The molecule has 6 aliphatic rings. The van der Waals surface area contributed by atoms with Crippen molar-refractivity contribution in [2.45, 2.75) is 182 Å². The fourth-order valence-electron chi connectivity index (χ4n) is 16.1. The Kier molecular flexibility index (Phi) is 10.9. The third kappa shape index (κ3) is 5.62. The molecule has 6 nitrogen and oxygen atoms in total. The van der Waals surface area contributed by atoms with Gasteiger partial charge < -0.3 is 24.8 Å². The van der Waals surface area contributed by atoms with Crippen LogP contribution in [0.1, 0.15) is 168 Å². The zero-order valence-corrected chi connectivity index (χ0v) is 35.2. The van der Waals surface area contributed by atoms with Gasteiger partial charge in [0.05, 0.1) is 18.1 Å². The molecule has 7 rings (SSSR count). The summed E-state index contributed by atoms with van der Waals surface area (Å²) in [7, 11) is 1.75. The van der Waals surface area contributed by atoms with Gasteiger partial charge in [-0.2, -0.15) is 0 Å². The van der Waals surface area contributed by atoms with Crippen LogP contribution < -0.4 is 0 Å². The molecule has 3 N–H and O–H groups in total. The molecule has 6 heteroatoms. The van der Waals surface area contributed by atoms with Crippen LogP contribution in [-0.2, 0) is 27.1 Å². The number of aliphatic hydroxyl groups is 2. The molecular formula is C48H76O6. The maximum Gasteiger partial charge on any atom is 0.309 e. The van der Waals surface area contributed by atoms with Crippen LogP contribution in [0.25, 0.3) is 0 Å². The second kappa shape index (κ2) is 14.4. The van der Waals surface area contributed by atoms with Gasteiger partial charge in [-0.05, 0) is 141 Å². The molecule has 1 heterocycles. The van der Waals surface area contributed by atoms with E-state index in [2.05, 4.69) is 58.9 Å². The molecule has 0 aromatic heterocycles. The van der Waals surface area contributed by atoms with Crippen molar-refractivity contribution in [3.63, 3.8) is 0 Å². The van der Waals surface area contributed by atoms with Crippen LogP contribution in [0.4, 0.5) is 0 Å². The van der Waals surface area contributed by atoms with Gasteiger partial charge in [0.25, 0.3) is 0 Å². The van der Waals surface area contributed by atoms with E-state index in [9.17, 15) is 20.1 Å². The molecule has 1 aliphatic heterocycles.